The van der Waals surface area contributed by atoms with Gasteiger partial charge in [-0.05, 0) is 109 Å². The Morgan fingerprint density at radius 2 is 1.37 bits per heavy atom. The molecule has 1 aliphatic heterocycles. The molecule has 3 rings (SSSR count). The summed E-state index contributed by atoms with van der Waals surface area (Å²) in [5, 5.41) is 33.9. The molecule has 30 heteroatoms. The topological polar surface area (TPSA) is 413 Å². The van der Waals surface area contributed by atoms with Gasteiger partial charge in [0.2, 0.25) is 29.5 Å². The summed E-state index contributed by atoms with van der Waals surface area (Å²) >= 11 is 1.03. The Morgan fingerprint density at radius 1 is 0.784 bits per heavy atom. The predicted molar refractivity (Wildman–Crippen MR) is 375 cm³/mol. The smallest absolute Gasteiger partial charge is 0.328 e. The summed E-state index contributed by atoms with van der Waals surface area (Å²) in [5.74, 6) is -14.8. The monoisotopic (exact) mass is 1450 g/mol. The fraction of sp³-hybridized carbons (Fsp3) is 0.611. The van der Waals surface area contributed by atoms with Crippen LogP contribution in [0.15, 0.2) is 47.9 Å². The van der Waals surface area contributed by atoms with E-state index in [0.717, 1.165) is 30.4 Å². The van der Waals surface area contributed by atoms with E-state index in [1.165, 1.54) is 44.4 Å². The van der Waals surface area contributed by atoms with Crippen molar-refractivity contribution in [3.05, 3.63) is 64.1 Å². The molecular formula is C72H104N8O21S. The van der Waals surface area contributed by atoms with Crippen molar-refractivity contribution in [3.8, 4) is 5.75 Å². The van der Waals surface area contributed by atoms with Crippen molar-refractivity contribution in [3.63, 3.8) is 0 Å². The van der Waals surface area contributed by atoms with Crippen LogP contribution in [0.25, 0.3) is 0 Å². The Bertz CT molecular complexity index is 3380. The first kappa shape index (κ1) is 87.5. The molecule has 1 aromatic carbocycles. The number of esters is 2. The number of carboxylic acid groups (broad SMARTS) is 2. The van der Waals surface area contributed by atoms with Crippen LogP contribution in [0.3, 0.4) is 0 Å². The zero-order valence-electron chi connectivity index (χ0n) is 61.3. The molecule has 0 spiro atoms. The van der Waals surface area contributed by atoms with Gasteiger partial charge in [0.1, 0.15) is 34.6 Å². The minimum atomic E-state index is -1.77. The molecule has 0 saturated heterocycles. The first-order chi connectivity index (χ1) is 47.8. The lowest BCUT2D eigenvalue weighted by molar-refractivity contribution is -0.150. The number of nitrogens with zero attached hydrogens (tertiary/aromatic N) is 3. The molecule has 0 radical (unpaired) electrons. The summed E-state index contributed by atoms with van der Waals surface area (Å²) in [6.45, 7) is 19.3. The number of carbonyl (C=O) groups excluding carboxylic acids is 13. The van der Waals surface area contributed by atoms with Crippen LogP contribution >= 0.6 is 11.3 Å². The highest BCUT2D eigenvalue weighted by Crippen LogP contribution is 2.34. The number of carbonyl (C=O) groups is 15. The molecule has 1 aromatic heterocycles. The normalized spacial score (nSPS) is 19.7. The van der Waals surface area contributed by atoms with Gasteiger partial charge in [0.15, 0.2) is 35.0 Å². The maximum absolute atomic E-state index is 14.5. The molecule has 7 N–H and O–H groups in total. The molecule has 102 heavy (non-hydrogen) atoms. The van der Waals surface area contributed by atoms with Gasteiger partial charge in [0, 0.05) is 113 Å². The number of aliphatic carboxylic acids is 2. The number of likely N-dealkylation sites (N-methyl/N-ethyl adjacent to an activating group) is 1. The lowest BCUT2D eigenvalue weighted by atomic mass is 9.81. The van der Waals surface area contributed by atoms with E-state index >= 15 is 0 Å². The van der Waals surface area contributed by atoms with E-state index in [1.807, 2.05) is 46.4 Å². The first-order valence-corrected chi connectivity index (χ1v) is 35.2. The van der Waals surface area contributed by atoms with Gasteiger partial charge < -0.3 is 60.6 Å². The summed E-state index contributed by atoms with van der Waals surface area (Å²) in [7, 11) is 5.27. The van der Waals surface area contributed by atoms with E-state index in [1.54, 1.807) is 39.9 Å². The van der Waals surface area contributed by atoms with Crippen LogP contribution in [0, 0.1) is 35.5 Å². The molecule has 29 nitrogen and oxygen atoms in total. The molecular weight excluding hydrogens is 1340 g/mol. The number of thiazole rings is 1. The number of ether oxygens (including phenoxy) is 4. The summed E-state index contributed by atoms with van der Waals surface area (Å²) in [5.41, 5.74) is -0.655. The highest BCUT2D eigenvalue weighted by atomic mass is 32.1. The second kappa shape index (κ2) is 42.6. The largest absolute Gasteiger partial charge is 0.481 e. The van der Waals surface area contributed by atoms with Crippen molar-refractivity contribution in [2.24, 2.45) is 35.5 Å². The molecule has 2 aromatic rings. The van der Waals surface area contributed by atoms with Gasteiger partial charge in [-0.2, -0.15) is 0 Å². The van der Waals surface area contributed by atoms with Crippen LogP contribution in [0.1, 0.15) is 181 Å². The van der Waals surface area contributed by atoms with Gasteiger partial charge in [-0.25, -0.2) is 9.78 Å². The van der Waals surface area contributed by atoms with Gasteiger partial charge in [-0.3, -0.25) is 72.0 Å². The molecule has 0 bridgehead atoms. The van der Waals surface area contributed by atoms with Crippen LogP contribution in [-0.4, -0.2) is 197 Å². The summed E-state index contributed by atoms with van der Waals surface area (Å²) in [6, 6.07) is -1.98. The Balaban J connectivity index is 2.04. The first-order valence-electron chi connectivity index (χ1n) is 34.3. The van der Waals surface area contributed by atoms with E-state index in [4.69, 9.17) is 24.1 Å². The lowest BCUT2D eigenvalue weighted by Gasteiger charge is -2.38. The van der Waals surface area contributed by atoms with Crippen molar-refractivity contribution in [2.45, 2.75) is 202 Å². The summed E-state index contributed by atoms with van der Waals surface area (Å²) < 4.78 is 22.9. The fourth-order valence-corrected chi connectivity index (χ4v) is 11.7. The predicted octanol–water partition coefficient (Wildman–Crippen LogP) is 5.90. The number of amides is 6. The van der Waals surface area contributed by atoms with Crippen LogP contribution in [0.2, 0.25) is 0 Å². The van der Waals surface area contributed by atoms with Crippen molar-refractivity contribution in [1.82, 2.24) is 36.1 Å². The molecule has 0 aliphatic carbocycles. The Kier molecular flexibility index (Phi) is 36.6. The van der Waals surface area contributed by atoms with Crippen LogP contribution in [0.4, 0.5) is 5.69 Å². The van der Waals surface area contributed by atoms with E-state index in [0.29, 0.717) is 24.1 Å². The molecule has 0 fully saturated rings. The third kappa shape index (κ3) is 29.3. The fourth-order valence-electron chi connectivity index (χ4n) is 10.9. The Morgan fingerprint density at radius 3 is 1.90 bits per heavy atom. The van der Waals surface area contributed by atoms with Gasteiger partial charge in [-0.15, -0.1) is 11.3 Å². The zero-order chi connectivity index (χ0) is 76.9. The average Bonchev–Trinajstić information content (AvgIpc) is 1.38. The maximum atomic E-state index is 14.5. The van der Waals surface area contributed by atoms with E-state index in [-0.39, 0.29) is 142 Å². The van der Waals surface area contributed by atoms with Crippen LogP contribution in [-0.2, 0) is 87.8 Å². The number of carboxylic acids is 2. The third-order valence-electron chi connectivity index (χ3n) is 17.9. The van der Waals surface area contributed by atoms with E-state index < -0.39 is 143 Å². The molecule has 0 saturated carbocycles. The number of ketones is 5. The second-order valence-corrected chi connectivity index (χ2v) is 28.0. The molecule has 2 heterocycles. The standard InChI is InChI=1S/C72H104N8O21S/c1-16-42(6)51(37-59(86)72(11,12)79(13)14)70(95)80(15)54(41(4)5)38-58(100-46(10)82)69-76-53(39-102-69)68(94)74-48(33-43(7)71(96)97)34-47-22-23-57-52(35-47)75-66(92)45(9)73-67(93)50(40(2)3)36-49(83)27-31-98-29-17-19-55(84)64(77-60(87)24-21-44(8)81)65(78-61(88)25-26-62(89)90)56(85)20-18-30-99-32-28-63(91)101-57/h21-26,35,39-43,45,48,50-51,54,58,64-65H,16-20,27-34,36-38H2,1-15H3,(H,73,93)(H,74,94)(H,75,92)(H,77,87)(H,78,88)(H,89,90)(H,96,97)/b24-21-,26-25-/t42-,43?,45?,48+,50?,51-,54+,58+,64?,65?/m0/s1. The number of Topliss-reactive ketones (excluding diaryl/α,β-unsaturated/α-hetero) is 4. The number of hydrogen-bond donors (Lipinski definition) is 7. The minimum absolute atomic E-state index is 0.00581. The van der Waals surface area contributed by atoms with Gasteiger partial charge in [0.05, 0.1) is 36.8 Å². The molecule has 10 atom stereocenters. The maximum Gasteiger partial charge on any atom is 0.328 e. The number of aromatic nitrogens is 1. The molecule has 1 aliphatic rings. The minimum Gasteiger partial charge on any atom is -0.481 e. The summed E-state index contributed by atoms with van der Waals surface area (Å²) in [6.07, 6.45) is 0.650. The van der Waals surface area contributed by atoms with Crippen LogP contribution in [0.5, 0.6) is 5.75 Å². The number of nitrogens with one attached hydrogen (secondary N) is 5. The molecule has 564 valence electrons. The van der Waals surface area contributed by atoms with Gasteiger partial charge in [0.25, 0.3) is 5.91 Å². The van der Waals surface area contributed by atoms with Gasteiger partial charge in [-0.1, -0.05) is 61.0 Å². The van der Waals surface area contributed by atoms with Crippen LogP contribution < -0.4 is 31.3 Å². The molecule has 6 amide bonds. The van der Waals surface area contributed by atoms with Gasteiger partial charge >= 0.3 is 23.9 Å². The number of benzene rings is 1. The van der Waals surface area contributed by atoms with E-state index in [9.17, 15) is 77.0 Å². The highest BCUT2D eigenvalue weighted by Gasteiger charge is 2.40. The average molecular weight is 1450 g/mol. The van der Waals surface area contributed by atoms with Crippen molar-refractivity contribution >= 4 is 105 Å². The quantitative estimate of drug-likeness (QED) is 0.0311. The Hall–Kier alpha value is -8.74. The van der Waals surface area contributed by atoms with Crippen molar-refractivity contribution in [1.29, 1.82) is 0 Å². The molecule has 5 unspecified atom stereocenters. The summed E-state index contributed by atoms with van der Waals surface area (Å²) in [4.78, 5) is 207. The third-order valence-corrected chi connectivity index (χ3v) is 18.8. The SMILES string of the molecule is CC[C@H](C)[C@H](CC(=O)C(C)(C)N(C)C)C(=O)N(C)[C@H](C[C@@H](OC(C)=O)c1nc(C(=O)N[C@@H](Cc2ccc3c(c2)NC(=O)C(C)NC(=O)C(C(C)C)CC(=O)CCOCCCC(=O)C(NC(=O)/C=C\C(C)=O)C(NC(=O)/C=C\C(=O)O)C(=O)CCCOCCC(=O)O3)CC(C)C(=O)O)cs1)C(C)C. The number of rotatable bonds is 27. The highest BCUT2D eigenvalue weighted by molar-refractivity contribution is 7.09. The Labute approximate surface area is 600 Å². The number of fused-ring (bicyclic) bond motifs is 1. The zero-order valence-corrected chi connectivity index (χ0v) is 62.1. The van der Waals surface area contributed by atoms with Crippen molar-refractivity contribution < 1.29 is 101 Å². The number of anilines is 1. The number of hydrogen-bond acceptors (Lipinski definition) is 22. The van der Waals surface area contributed by atoms with E-state index in [2.05, 4.69) is 31.6 Å². The lowest BCUT2D eigenvalue weighted by Crippen LogP contribution is -2.58. The second-order valence-electron chi connectivity index (χ2n) is 27.2. The van der Waals surface area contributed by atoms with Crippen molar-refractivity contribution in [2.75, 3.05) is 52.9 Å². The number of allylic oxidation sites excluding steroid dienone is 1.